The molecule has 25 heavy (non-hydrogen) atoms. The SMILES string of the molecule is CN1CCC(CNC(=O)COc2ccc(Oc3ccccc3)cc2)C1. The lowest BCUT2D eigenvalue weighted by molar-refractivity contribution is -0.123. The topological polar surface area (TPSA) is 50.8 Å². The maximum absolute atomic E-state index is 11.9. The van der Waals surface area contributed by atoms with Gasteiger partial charge in [-0.2, -0.15) is 0 Å². The van der Waals surface area contributed by atoms with Gasteiger partial charge in [-0.15, -0.1) is 0 Å². The van der Waals surface area contributed by atoms with Crippen LogP contribution in [-0.2, 0) is 4.79 Å². The zero-order valence-electron chi connectivity index (χ0n) is 14.5. The number of hydrogen-bond acceptors (Lipinski definition) is 4. The van der Waals surface area contributed by atoms with Crippen LogP contribution in [0.3, 0.4) is 0 Å². The fraction of sp³-hybridized carbons (Fsp3) is 0.350. The molecule has 0 spiro atoms. The van der Waals surface area contributed by atoms with Gasteiger partial charge in [-0.1, -0.05) is 18.2 Å². The third-order valence-corrected chi connectivity index (χ3v) is 4.25. The van der Waals surface area contributed by atoms with Gasteiger partial charge in [0.2, 0.25) is 0 Å². The van der Waals surface area contributed by atoms with E-state index in [9.17, 15) is 4.79 Å². The lowest BCUT2D eigenvalue weighted by atomic mass is 10.1. The molecule has 1 aliphatic rings. The lowest BCUT2D eigenvalue weighted by Crippen LogP contribution is -2.33. The van der Waals surface area contributed by atoms with Gasteiger partial charge in [0.15, 0.2) is 6.61 Å². The number of para-hydroxylation sites is 1. The van der Waals surface area contributed by atoms with Gasteiger partial charge in [-0.3, -0.25) is 4.79 Å². The van der Waals surface area contributed by atoms with E-state index in [1.807, 2.05) is 42.5 Å². The van der Waals surface area contributed by atoms with Crippen LogP contribution in [0.25, 0.3) is 0 Å². The molecule has 2 aromatic rings. The Morgan fingerprint density at radius 2 is 1.76 bits per heavy atom. The van der Waals surface area contributed by atoms with Crippen LogP contribution in [0.1, 0.15) is 6.42 Å². The molecule has 132 valence electrons. The van der Waals surface area contributed by atoms with Gasteiger partial charge in [-0.05, 0) is 62.3 Å². The minimum Gasteiger partial charge on any atom is -0.484 e. The fourth-order valence-electron chi connectivity index (χ4n) is 2.88. The molecule has 1 unspecified atom stereocenters. The number of ether oxygens (including phenoxy) is 2. The summed E-state index contributed by atoms with van der Waals surface area (Å²) in [5.41, 5.74) is 0. The smallest absolute Gasteiger partial charge is 0.257 e. The molecule has 0 bridgehead atoms. The molecule has 0 aromatic heterocycles. The molecule has 0 aliphatic carbocycles. The molecule has 1 heterocycles. The molecule has 5 heteroatoms. The molecule has 1 fully saturated rings. The van der Waals surface area contributed by atoms with Crippen LogP contribution in [-0.4, -0.2) is 44.1 Å². The lowest BCUT2D eigenvalue weighted by Gasteiger charge is -2.12. The van der Waals surface area contributed by atoms with E-state index in [-0.39, 0.29) is 12.5 Å². The van der Waals surface area contributed by atoms with Gasteiger partial charge in [0.1, 0.15) is 17.2 Å². The third-order valence-electron chi connectivity index (χ3n) is 4.25. The van der Waals surface area contributed by atoms with Crippen molar-refractivity contribution in [3.63, 3.8) is 0 Å². The predicted octanol–water partition coefficient (Wildman–Crippen LogP) is 2.93. The highest BCUT2D eigenvalue weighted by Gasteiger charge is 2.19. The Morgan fingerprint density at radius 3 is 2.44 bits per heavy atom. The van der Waals surface area contributed by atoms with Crippen LogP contribution >= 0.6 is 0 Å². The van der Waals surface area contributed by atoms with Crippen LogP contribution in [0.15, 0.2) is 54.6 Å². The Hall–Kier alpha value is -2.53. The van der Waals surface area contributed by atoms with E-state index in [0.717, 1.165) is 37.6 Å². The van der Waals surface area contributed by atoms with Gasteiger partial charge in [0.05, 0.1) is 0 Å². The third kappa shape index (κ3) is 5.50. The quantitative estimate of drug-likeness (QED) is 0.842. The zero-order valence-corrected chi connectivity index (χ0v) is 14.5. The van der Waals surface area contributed by atoms with E-state index in [1.165, 1.54) is 0 Å². The number of carbonyl (C=O) groups excluding carboxylic acids is 1. The number of nitrogens with one attached hydrogen (secondary N) is 1. The highest BCUT2D eigenvalue weighted by molar-refractivity contribution is 5.77. The van der Waals surface area contributed by atoms with Crippen LogP contribution in [0.4, 0.5) is 0 Å². The number of benzene rings is 2. The average Bonchev–Trinajstić information content (AvgIpc) is 3.06. The first-order chi connectivity index (χ1) is 12.2. The normalized spacial score (nSPS) is 17.2. The highest BCUT2D eigenvalue weighted by atomic mass is 16.5. The summed E-state index contributed by atoms with van der Waals surface area (Å²) in [7, 11) is 2.11. The number of carbonyl (C=O) groups is 1. The second kappa shape index (κ2) is 8.53. The second-order valence-corrected chi connectivity index (χ2v) is 6.40. The molecule has 3 rings (SSSR count). The fourth-order valence-corrected chi connectivity index (χ4v) is 2.88. The molecule has 1 saturated heterocycles. The maximum atomic E-state index is 11.9. The van der Waals surface area contributed by atoms with Gasteiger partial charge >= 0.3 is 0 Å². The Balaban J connectivity index is 1.40. The van der Waals surface area contributed by atoms with Crippen LogP contribution in [0, 0.1) is 5.92 Å². The molecule has 5 nitrogen and oxygen atoms in total. The maximum Gasteiger partial charge on any atom is 0.257 e. The zero-order chi connectivity index (χ0) is 17.5. The van der Waals surface area contributed by atoms with Gasteiger partial charge in [-0.25, -0.2) is 0 Å². The summed E-state index contributed by atoms with van der Waals surface area (Å²) >= 11 is 0. The standard InChI is InChI=1S/C20H24N2O3/c1-22-12-11-16(14-22)13-21-20(23)15-24-17-7-9-19(10-8-17)25-18-5-3-2-4-6-18/h2-10,16H,11-15H2,1H3,(H,21,23). The Morgan fingerprint density at radius 1 is 1.08 bits per heavy atom. The monoisotopic (exact) mass is 340 g/mol. The van der Waals surface area contributed by atoms with Crippen molar-refractivity contribution in [3.05, 3.63) is 54.6 Å². The molecular formula is C20H24N2O3. The second-order valence-electron chi connectivity index (χ2n) is 6.40. The van der Waals surface area contributed by atoms with Crippen molar-refractivity contribution in [1.29, 1.82) is 0 Å². The summed E-state index contributed by atoms with van der Waals surface area (Å²) in [4.78, 5) is 14.2. The molecular weight excluding hydrogens is 316 g/mol. The highest BCUT2D eigenvalue weighted by Crippen LogP contribution is 2.23. The molecule has 2 aromatic carbocycles. The summed E-state index contributed by atoms with van der Waals surface area (Å²) in [6.07, 6.45) is 1.14. The van der Waals surface area contributed by atoms with Crippen molar-refractivity contribution in [2.75, 3.05) is 33.3 Å². The van der Waals surface area contributed by atoms with E-state index in [1.54, 1.807) is 12.1 Å². The molecule has 1 N–H and O–H groups in total. The van der Waals surface area contributed by atoms with Crippen molar-refractivity contribution in [1.82, 2.24) is 10.2 Å². The first-order valence-corrected chi connectivity index (χ1v) is 8.60. The van der Waals surface area contributed by atoms with Crippen LogP contribution in [0.2, 0.25) is 0 Å². The Labute approximate surface area is 148 Å². The number of hydrogen-bond donors (Lipinski definition) is 1. The average molecular weight is 340 g/mol. The van der Waals surface area contributed by atoms with E-state index in [4.69, 9.17) is 9.47 Å². The van der Waals surface area contributed by atoms with Crippen molar-refractivity contribution in [2.24, 2.45) is 5.92 Å². The summed E-state index contributed by atoms with van der Waals surface area (Å²) < 4.78 is 11.3. The molecule has 0 radical (unpaired) electrons. The minimum atomic E-state index is -0.0841. The Bertz CT molecular complexity index is 673. The number of rotatable bonds is 7. The van der Waals surface area contributed by atoms with Crippen molar-refractivity contribution in [3.8, 4) is 17.2 Å². The summed E-state index contributed by atoms with van der Waals surface area (Å²) in [5, 5.41) is 2.94. The molecule has 1 amide bonds. The largest absolute Gasteiger partial charge is 0.484 e. The Kier molecular flexibility index (Phi) is 5.90. The molecule has 0 saturated carbocycles. The summed E-state index contributed by atoms with van der Waals surface area (Å²) in [6, 6.07) is 16.9. The van der Waals surface area contributed by atoms with Gasteiger partial charge in [0.25, 0.3) is 5.91 Å². The van der Waals surface area contributed by atoms with E-state index >= 15 is 0 Å². The van der Waals surface area contributed by atoms with Gasteiger partial charge in [0, 0.05) is 13.1 Å². The predicted molar refractivity (Wildman–Crippen MR) is 97.1 cm³/mol. The minimum absolute atomic E-state index is 0.0292. The van der Waals surface area contributed by atoms with Crippen LogP contribution in [0.5, 0.6) is 17.2 Å². The summed E-state index contributed by atoms with van der Waals surface area (Å²) in [5.74, 6) is 2.63. The first-order valence-electron chi connectivity index (χ1n) is 8.60. The first kappa shape index (κ1) is 17.3. The molecule has 1 atom stereocenters. The number of likely N-dealkylation sites (tertiary alicyclic amines) is 1. The van der Waals surface area contributed by atoms with Crippen LogP contribution < -0.4 is 14.8 Å². The van der Waals surface area contributed by atoms with Crippen molar-refractivity contribution >= 4 is 5.91 Å². The van der Waals surface area contributed by atoms with Gasteiger partial charge < -0.3 is 19.7 Å². The number of amides is 1. The van der Waals surface area contributed by atoms with E-state index in [2.05, 4.69) is 17.3 Å². The van der Waals surface area contributed by atoms with E-state index < -0.39 is 0 Å². The number of nitrogens with zero attached hydrogens (tertiary/aromatic N) is 1. The molecule has 1 aliphatic heterocycles. The van der Waals surface area contributed by atoms with Crippen molar-refractivity contribution < 1.29 is 14.3 Å². The van der Waals surface area contributed by atoms with Crippen molar-refractivity contribution in [2.45, 2.75) is 6.42 Å². The van der Waals surface area contributed by atoms with E-state index in [0.29, 0.717) is 11.7 Å². The summed E-state index contributed by atoms with van der Waals surface area (Å²) in [6.45, 7) is 2.90.